The van der Waals surface area contributed by atoms with Crippen molar-refractivity contribution in [2.45, 2.75) is 11.9 Å². The van der Waals surface area contributed by atoms with Crippen LogP contribution in [0.5, 0.6) is 0 Å². The quantitative estimate of drug-likeness (QED) is 0.946. The molecule has 0 unspecified atom stereocenters. The summed E-state index contributed by atoms with van der Waals surface area (Å²) in [5, 5.41) is 0.311. The second-order valence-corrected chi connectivity index (χ2v) is 6.38. The van der Waals surface area contributed by atoms with E-state index in [-0.39, 0.29) is 10.2 Å². The number of aromatic nitrogens is 2. The third kappa shape index (κ3) is 2.86. The van der Waals surface area contributed by atoms with Gasteiger partial charge in [-0.3, -0.25) is 4.72 Å². The molecule has 1 aromatic heterocycles. The fourth-order valence-electron chi connectivity index (χ4n) is 1.43. The SMILES string of the molecule is Cc1ccc(NS(=O)(=O)c2ncn(C)c2Cl)cc1Cl. The highest BCUT2D eigenvalue weighted by Gasteiger charge is 2.22. The van der Waals surface area contributed by atoms with Gasteiger partial charge in [-0.25, -0.2) is 4.98 Å². The van der Waals surface area contributed by atoms with Crippen molar-refractivity contribution >= 4 is 38.9 Å². The molecule has 0 aliphatic rings. The van der Waals surface area contributed by atoms with Crippen molar-refractivity contribution in [2.75, 3.05) is 4.72 Å². The highest BCUT2D eigenvalue weighted by atomic mass is 35.5. The van der Waals surface area contributed by atoms with Gasteiger partial charge in [0.15, 0.2) is 0 Å². The molecule has 0 atom stereocenters. The van der Waals surface area contributed by atoms with Gasteiger partial charge in [0.2, 0.25) is 5.03 Å². The molecule has 0 aliphatic heterocycles. The molecule has 102 valence electrons. The first-order valence-corrected chi connectivity index (χ1v) is 7.51. The molecule has 1 N–H and O–H groups in total. The molecule has 0 bridgehead atoms. The fraction of sp³-hybridized carbons (Fsp3) is 0.182. The Bertz CT molecular complexity index is 726. The Morgan fingerprint density at radius 1 is 1.32 bits per heavy atom. The number of anilines is 1. The van der Waals surface area contributed by atoms with Gasteiger partial charge < -0.3 is 4.57 Å². The standard InChI is InChI=1S/C11H11Cl2N3O2S/c1-7-3-4-8(5-9(7)12)15-19(17,18)11-10(13)16(2)6-14-11/h3-6,15H,1-2H3. The molecular weight excluding hydrogens is 309 g/mol. The van der Waals surface area contributed by atoms with Crippen LogP contribution >= 0.6 is 23.2 Å². The van der Waals surface area contributed by atoms with Gasteiger partial charge in [0.1, 0.15) is 5.15 Å². The maximum Gasteiger partial charge on any atom is 0.282 e. The number of nitrogens with zero attached hydrogens (tertiary/aromatic N) is 2. The Labute approximate surface area is 121 Å². The molecule has 0 fully saturated rings. The number of imidazole rings is 1. The smallest absolute Gasteiger partial charge is 0.282 e. The molecule has 1 heterocycles. The van der Waals surface area contributed by atoms with E-state index < -0.39 is 10.0 Å². The van der Waals surface area contributed by atoms with Gasteiger partial charge in [0.25, 0.3) is 10.0 Å². The van der Waals surface area contributed by atoms with E-state index in [0.717, 1.165) is 5.56 Å². The van der Waals surface area contributed by atoms with Crippen molar-refractivity contribution in [1.82, 2.24) is 9.55 Å². The molecule has 1 aromatic carbocycles. The molecule has 19 heavy (non-hydrogen) atoms. The summed E-state index contributed by atoms with van der Waals surface area (Å²) in [5.74, 6) is 0. The Morgan fingerprint density at radius 3 is 2.53 bits per heavy atom. The molecule has 0 amide bonds. The molecule has 8 heteroatoms. The summed E-state index contributed by atoms with van der Waals surface area (Å²) in [5.41, 5.74) is 1.22. The van der Waals surface area contributed by atoms with Gasteiger partial charge in [0.05, 0.1) is 12.0 Å². The summed E-state index contributed by atoms with van der Waals surface area (Å²) in [6.45, 7) is 1.83. The van der Waals surface area contributed by atoms with E-state index in [4.69, 9.17) is 23.2 Å². The van der Waals surface area contributed by atoms with Crippen molar-refractivity contribution in [3.63, 3.8) is 0 Å². The molecule has 0 aliphatic carbocycles. The van der Waals surface area contributed by atoms with Crippen LogP contribution in [-0.2, 0) is 17.1 Å². The van der Waals surface area contributed by atoms with Crippen LogP contribution in [0, 0.1) is 6.92 Å². The van der Waals surface area contributed by atoms with Gasteiger partial charge in [0, 0.05) is 12.1 Å². The number of sulfonamides is 1. The average molecular weight is 320 g/mol. The van der Waals surface area contributed by atoms with Crippen LogP contribution in [0.4, 0.5) is 5.69 Å². The summed E-state index contributed by atoms with van der Waals surface area (Å²) in [6.07, 6.45) is 1.33. The van der Waals surface area contributed by atoms with E-state index in [9.17, 15) is 8.42 Å². The monoisotopic (exact) mass is 319 g/mol. The lowest BCUT2D eigenvalue weighted by Crippen LogP contribution is -2.14. The summed E-state index contributed by atoms with van der Waals surface area (Å²) < 4.78 is 28.0. The van der Waals surface area contributed by atoms with Crippen LogP contribution in [0.3, 0.4) is 0 Å². The maximum atomic E-state index is 12.1. The van der Waals surface area contributed by atoms with Crippen molar-refractivity contribution < 1.29 is 8.42 Å². The molecule has 0 saturated heterocycles. The minimum atomic E-state index is -3.83. The van der Waals surface area contributed by atoms with Gasteiger partial charge in [-0.2, -0.15) is 8.42 Å². The molecule has 5 nitrogen and oxygen atoms in total. The lowest BCUT2D eigenvalue weighted by atomic mass is 10.2. The Balaban J connectivity index is 2.36. The van der Waals surface area contributed by atoms with Crippen LogP contribution in [0.2, 0.25) is 10.2 Å². The Hall–Kier alpha value is -1.24. The van der Waals surface area contributed by atoms with Gasteiger partial charge >= 0.3 is 0 Å². The third-order valence-electron chi connectivity index (χ3n) is 2.51. The second kappa shape index (κ2) is 5.03. The van der Waals surface area contributed by atoms with E-state index >= 15 is 0 Å². The summed E-state index contributed by atoms with van der Waals surface area (Å²) in [4.78, 5) is 3.77. The number of rotatable bonds is 3. The van der Waals surface area contributed by atoms with Crippen LogP contribution in [0.1, 0.15) is 5.56 Å². The molecule has 0 saturated carbocycles. The highest BCUT2D eigenvalue weighted by Crippen LogP contribution is 2.24. The molecule has 2 rings (SSSR count). The predicted molar refractivity (Wildman–Crippen MR) is 75.2 cm³/mol. The Kier molecular flexibility index (Phi) is 3.75. The third-order valence-corrected chi connectivity index (χ3v) is 4.79. The lowest BCUT2D eigenvalue weighted by Gasteiger charge is -2.07. The van der Waals surface area contributed by atoms with E-state index in [0.29, 0.717) is 10.7 Å². The summed E-state index contributed by atoms with van der Waals surface area (Å²) in [7, 11) is -2.22. The lowest BCUT2D eigenvalue weighted by molar-refractivity contribution is 0.598. The normalized spacial score (nSPS) is 11.6. The first-order valence-electron chi connectivity index (χ1n) is 5.27. The summed E-state index contributed by atoms with van der Waals surface area (Å²) in [6, 6.07) is 4.88. The zero-order valence-corrected chi connectivity index (χ0v) is 12.5. The number of aryl methyl sites for hydroxylation is 2. The van der Waals surface area contributed by atoms with Gasteiger partial charge in [-0.1, -0.05) is 29.3 Å². The van der Waals surface area contributed by atoms with Gasteiger partial charge in [-0.05, 0) is 24.6 Å². The Morgan fingerprint density at radius 2 is 2.00 bits per heavy atom. The minimum absolute atomic E-state index is 0.0470. The number of hydrogen-bond acceptors (Lipinski definition) is 3. The average Bonchev–Trinajstić information content (AvgIpc) is 2.65. The minimum Gasteiger partial charge on any atom is -0.324 e. The van der Waals surface area contributed by atoms with Crippen molar-refractivity contribution in [3.05, 3.63) is 40.3 Å². The van der Waals surface area contributed by atoms with Crippen molar-refractivity contribution in [2.24, 2.45) is 7.05 Å². The molecule has 2 aromatic rings. The van der Waals surface area contributed by atoms with Crippen molar-refractivity contribution in [1.29, 1.82) is 0 Å². The highest BCUT2D eigenvalue weighted by molar-refractivity contribution is 7.92. The number of halogens is 2. The van der Waals surface area contributed by atoms with Crippen LogP contribution < -0.4 is 4.72 Å². The van der Waals surface area contributed by atoms with Crippen molar-refractivity contribution in [3.8, 4) is 0 Å². The summed E-state index contributed by atoms with van der Waals surface area (Å²) >= 11 is 11.8. The van der Waals surface area contributed by atoms with Crippen LogP contribution in [0.15, 0.2) is 29.6 Å². The van der Waals surface area contributed by atoms with E-state index in [2.05, 4.69) is 9.71 Å². The maximum absolute atomic E-state index is 12.1. The second-order valence-electron chi connectivity index (χ2n) is 4.02. The van der Waals surface area contributed by atoms with E-state index in [1.54, 1.807) is 19.2 Å². The van der Waals surface area contributed by atoms with E-state index in [1.807, 2.05) is 6.92 Å². The van der Waals surface area contributed by atoms with Crippen LogP contribution in [-0.4, -0.2) is 18.0 Å². The number of nitrogens with one attached hydrogen (secondary N) is 1. The zero-order chi connectivity index (χ0) is 14.2. The number of hydrogen-bond donors (Lipinski definition) is 1. The van der Waals surface area contributed by atoms with E-state index in [1.165, 1.54) is 17.0 Å². The zero-order valence-electron chi connectivity index (χ0n) is 10.2. The predicted octanol–water partition coefficient (Wildman–Crippen LogP) is 2.84. The number of benzene rings is 1. The first-order chi connectivity index (χ1) is 8.81. The van der Waals surface area contributed by atoms with Gasteiger partial charge in [-0.15, -0.1) is 0 Å². The largest absolute Gasteiger partial charge is 0.324 e. The molecule has 0 radical (unpaired) electrons. The fourth-order valence-corrected chi connectivity index (χ4v) is 3.10. The van der Waals surface area contributed by atoms with Crippen LogP contribution in [0.25, 0.3) is 0 Å². The first kappa shape index (κ1) is 14.2. The topological polar surface area (TPSA) is 64.0 Å². The molecule has 0 spiro atoms. The molecular formula is C11H11Cl2N3O2S.